The van der Waals surface area contributed by atoms with Crippen molar-refractivity contribution in [2.45, 2.75) is 6.92 Å². The van der Waals surface area contributed by atoms with Gasteiger partial charge in [0.15, 0.2) is 0 Å². The molecule has 0 spiro atoms. The standard InChI is InChI=1S/C23H17ClN2O2/c1-16-11-13-18(14-12-16)26-22(15-21(25-26)17-7-3-2-4-8-17)28-23(27)19-9-5-6-10-20(19)24/h2-15H,1H3. The van der Waals surface area contributed by atoms with Crippen molar-refractivity contribution in [3.8, 4) is 22.8 Å². The molecule has 0 aliphatic carbocycles. The Bertz CT molecular complexity index is 1120. The van der Waals surface area contributed by atoms with Crippen LogP contribution in [0.3, 0.4) is 0 Å². The first-order valence-corrected chi connectivity index (χ1v) is 9.19. The first kappa shape index (κ1) is 18.0. The van der Waals surface area contributed by atoms with E-state index >= 15 is 0 Å². The summed E-state index contributed by atoms with van der Waals surface area (Å²) in [6, 6.07) is 26.1. The molecule has 0 aliphatic heterocycles. The molecule has 0 saturated heterocycles. The van der Waals surface area contributed by atoms with E-state index in [0.29, 0.717) is 22.2 Å². The van der Waals surface area contributed by atoms with E-state index < -0.39 is 5.97 Å². The number of hydrogen-bond donors (Lipinski definition) is 0. The fraction of sp³-hybridized carbons (Fsp3) is 0.0435. The third kappa shape index (κ3) is 3.68. The van der Waals surface area contributed by atoms with Crippen LogP contribution < -0.4 is 4.74 Å². The topological polar surface area (TPSA) is 44.1 Å². The third-order valence-electron chi connectivity index (χ3n) is 4.32. The number of benzene rings is 3. The molecule has 0 fully saturated rings. The second-order valence-electron chi connectivity index (χ2n) is 6.35. The van der Waals surface area contributed by atoms with Crippen LogP contribution in [0.5, 0.6) is 5.88 Å². The lowest BCUT2D eigenvalue weighted by molar-refractivity contribution is 0.0723. The zero-order valence-corrected chi connectivity index (χ0v) is 15.9. The van der Waals surface area contributed by atoms with Gasteiger partial charge in [0.1, 0.15) is 0 Å². The quantitative estimate of drug-likeness (QED) is 0.420. The minimum absolute atomic E-state index is 0.307. The van der Waals surface area contributed by atoms with Gasteiger partial charge in [-0.25, -0.2) is 9.48 Å². The second kappa shape index (κ2) is 7.71. The van der Waals surface area contributed by atoms with Gasteiger partial charge in [0.25, 0.3) is 0 Å². The molecule has 1 aromatic heterocycles. The van der Waals surface area contributed by atoms with E-state index in [0.717, 1.165) is 16.8 Å². The highest BCUT2D eigenvalue weighted by molar-refractivity contribution is 6.33. The number of aryl methyl sites for hydroxylation is 1. The molecule has 0 amide bonds. The number of halogens is 1. The molecule has 0 atom stereocenters. The smallest absolute Gasteiger partial charge is 0.346 e. The van der Waals surface area contributed by atoms with Gasteiger partial charge in [0.2, 0.25) is 5.88 Å². The molecule has 4 aromatic rings. The van der Waals surface area contributed by atoms with E-state index in [2.05, 4.69) is 5.10 Å². The largest absolute Gasteiger partial charge is 0.404 e. The number of nitrogens with zero attached hydrogens (tertiary/aromatic N) is 2. The van der Waals surface area contributed by atoms with Crippen LogP contribution in [0.4, 0.5) is 0 Å². The molecule has 1 heterocycles. The van der Waals surface area contributed by atoms with Gasteiger partial charge in [0.05, 0.1) is 22.0 Å². The van der Waals surface area contributed by atoms with Crippen molar-refractivity contribution in [2.24, 2.45) is 0 Å². The van der Waals surface area contributed by atoms with Crippen LogP contribution in [-0.4, -0.2) is 15.7 Å². The molecule has 0 bridgehead atoms. The van der Waals surface area contributed by atoms with Crippen molar-refractivity contribution in [2.75, 3.05) is 0 Å². The van der Waals surface area contributed by atoms with Crippen molar-refractivity contribution in [1.29, 1.82) is 0 Å². The number of carbonyl (C=O) groups is 1. The van der Waals surface area contributed by atoms with Crippen molar-refractivity contribution in [3.05, 3.63) is 101 Å². The van der Waals surface area contributed by atoms with Gasteiger partial charge < -0.3 is 4.74 Å². The Labute approximate surface area is 168 Å². The zero-order valence-electron chi connectivity index (χ0n) is 15.2. The van der Waals surface area contributed by atoms with Crippen LogP contribution in [-0.2, 0) is 0 Å². The summed E-state index contributed by atoms with van der Waals surface area (Å²) in [7, 11) is 0. The third-order valence-corrected chi connectivity index (χ3v) is 4.65. The van der Waals surface area contributed by atoms with Crippen molar-refractivity contribution >= 4 is 17.6 Å². The Morgan fingerprint density at radius 2 is 1.61 bits per heavy atom. The summed E-state index contributed by atoms with van der Waals surface area (Å²) >= 11 is 6.14. The number of aromatic nitrogens is 2. The number of esters is 1. The second-order valence-corrected chi connectivity index (χ2v) is 6.76. The van der Waals surface area contributed by atoms with E-state index in [1.165, 1.54) is 0 Å². The molecular weight excluding hydrogens is 372 g/mol. The predicted molar refractivity (Wildman–Crippen MR) is 110 cm³/mol. The van der Waals surface area contributed by atoms with Gasteiger partial charge in [-0.2, -0.15) is 5.10 Å². The Morgan fingerprint density at radius 3 is 2.32 bits per heavy atom. The summed E-state index contributed by atoms with van der Waals surface area (Å²) < 4.78 is 7.30. The van der Waals surface area contributed by atoms with Crippen molar-refractivity contribution < 1.29 is 9.53 Å². The van der Waals surface area contributed by atoms with Crippen molar-refractivity contribution in [3.63, 3.8) is 0 Å². The number of rotatable bonds is 4. The first-order valence-electron chi connectivity index (χ1n) is 8.81. The zero-order chi connectivity index (χ0) is 19.5. The van der Waals surface area contributed by atoms with Crippen LogP contribution in [0.25, 0.3) is 16.9 Å². The van der Waals surface area contributed by atoms with Crippen LogP contribution in [0, 0.1) is 6.92 Å². The fourth-order valence-electron chi connectivity index (χ4n) is 2.83. The highest BCUT2D eigenvalue weighted by atomic mass is 35.5. The molecule has 0 saturated carbocycles. The minimum atomic E-state index is -0.529. The molecule has 138 valence electrons. The number of carbonyl (C=O) groups excluding carboxylic acids is 1. The van der Waals surface area contributed by atoms with Gasteiger partial charge in [-0.05, 0) is 31.2 Å². The molecule has 5 heteroatoms. The summed E-state index contributed by atoms with van der Waals surface area (Å²) in [5, 5.41) is 5.00. The first-order chi connectivity index (χ1) is 13.6. The molecule has 4 rings (SSSR count). The summed E-state index contributed by atoms with van der Waals surface area (Å²) in [6.07, 6.45) is 0. The highest BCUT2D eigenvalue weighted by Crippen LogP contribution is 2.27. The Hall–Kier alpha value is -3.37. The van der Waals surface area contributed by atoms with E-state index in [1.54, 1.807) is 35.0 Å². The van der Waals surface area contributed by atoms with E-state index in [-0.39, 0.29) is 0 Å². The highest BCUT2D eigenvalue weighted by Gasteiger charge is 2.18. The molecule has 4 nitrogen and oxygen atoms in total. The average Bonchev–Trinajstić information content (AvgIpc) is 3.13. The fourth-order valence-corrected chi connectivity index (χ4v) is 3.05. The predicted octanol–water partition coefficient (Wildman–Crippen LogP) is 5.72. The molecule has 28 heavy (non-hydrogen) atoms. The minimum Gasteiger partial charge on any atom is -0.404 e. The van der Waals surface area contributed by atoms with Gasteiger partial charge in [0, 0.05) is 11.6 Å². The molecule has 0 unspecified atom stereocenters. The molecule has 3 aromatic carbocycles. The summed E-state index contributed by atoms with van der Waals surface area (Å²) in [4.78, 5) is 12.7. The normalized spacial score (nSPS) is 10.6. The van der Waals surface area contributed by atoms with Gasteiger partial charge >= 0.3 is 5.97 Å². The van der Waals surface area contributed by atoms with E-state index in [1.807, 2.05) is 61.5 Å². The van der Waals surface area contributed by atoms with Crippen LogP contribution >= 0.6 is 11.6 Å². The van der Waals surface area contributed by atoms with Crippen molar-refractivity contribution in [1.82, 2.24) is 9.78 Å². The average molecular weight is 389 g/mol. The maximum Gasteiger partial charge on any atom is 0.346 e. The molecule has 0 radical (unpaired) electrons. The Balaban J connectivity index is 1.76. The summed E-state index contributed by atoms with van der Waals surface area (Å²) in [5.41, 5.74) is 3.89. The van der Waals surface area contributed by atoms with E-state index in [4.69, 9.17) is 16.3 Å². The summed E-state index contributed by atoms with van der Waals surface area (Å²) in [5.74, 6) is -0.203. The maximum absolute atomic E-state index is 12.7. The van der Waals surface area contributed by atoms with Gasteiger partial charge in [-0.15, -0.1) is 0 Å². The lowest BCUT2D eigenvalue weighted by atomic mass is 10.2. The molecule has 0 aliphatic rings. The van der Waals surface area contributed by atoms with Crippen LogP contribution in [0.2, 0.25) is 5.02 Å². The lowest BCUT2D eigenvalue weighted by Gasteiger charge is -2.09. The molecular formula is C23H17ClN2O2. The molecule has 0 N–H and O–H groups in total. The van der Waals surface area contributed by atoms with Gasteiger partial charge in [-0.1, -0.05) is 71.8 Å². The summed E-state index contributed by atoms with van der Waals surface area (Å²) in [6.45, 7) is 2.01. The number of hydrogen-bond acceptors (Lipinski definition) is 3. The monoisotopic (exact) mass is 388 g/mol. The van der Waals surface area contributed by atoms with Crippen LogP contribution in [0.1, 0.15) is 15.9 Å². The lowest BCUT2D eigenvalue weighted by Crippen LogP contribution is -2.12. The van der Waals surface area contributed by atoms with E-state index in [9.17, 15) is 4.79 Å². The number of ether oxygens (including phenoxy) is 1. The Kier molecular flexibility index (Phi) is 4.96. The van der Waals surface area contributed by atoms with Crippen LogP contribution in [0.15, 0.2) is 84.9 Å². The SMILES string of the molecule is Cc1ccc(-n2nc(-c3ccccc3)cc2OC(=O)c2ccccc2Cl)cc1. The maximum atomic E-state index is 12.7. The van der Waals surface area contributed by atoms with Gasteiger partial charge in [-0.3, -0.25) is 0 Å². The Morgan fingerprint density at radius 1 is 0.929 bits per heavy atom.